The predicted molar refractivity (Wildman–Crippen MR) is 85.1 cm³/mol. The summed E-state index contributed by atoms with van der Waals surface area (Å²) in [5, 5.41) is 0.871. The Morgan fingerprint density at radius 3 is 2.62 bits per heavy atom. The van der Waals surface area contributed by atoms with E-state index in [1.54, 1.807) is 18.2 Å². The number of aromatic nitrogens is 1. The van der Waals surface area contributed by atoms with Crippen LogP contribution in [0.15, 0.2) is 30.3 Å². The van der Waals surface area contributed by atoms with Gasteiger partial charge >= 0.3 is 0 Å². The molecular weight excluding hydrogens is 307 g/mol. The molecule has 0 saturated carbocycles. The van der Waals surface area contributed by atoms with Crippen LogP contribution in [-0.4, -0.2) is 21.9 Å². The number of aryl methyl sites for hydroxylation is 1. The zero-order valence-electron chi connectivity index (χ0n) is 11.9. The summed E-state index contributed by atoms with van der Waals surface area (Å²) >= 11 is 11.9. The van der Waals surface area contributed by atoms with Gasteiger partial charge in [-0.15, -0.1) is 0 Å². The summed E-state index contributed by atoms with van der Waals surface area (Å²) in [6.45, 7) is 5.67. The lowest BCUT2D eigenvalue weighted by Gasteiger charge is -2.35. The Hall–Kier alpha value is -1.45. The highest BCUT2D eigenvalue weighted by Crippen LogP contribution is 2.30. The Morgan fingerprint density at radius 1 is 1.14 bits per heavy atom. The van der Waals surface area contributed by atoms with E-state index < -0.39 is 0 Å². The molecule has 3 rings (SSSR count). The van der Waals surface area contributed by atoms with Crippen molar-refractivity contribution in [3.05, 3.63) is 57.3 Å². The second kappa shape index (κ2) is 5.39. The zero-order chi connectivity index (χ0) is 15.1. The summed E-state index contributed by atoms with van der Waals surface area (Å²) in [6.07, 6.45) is 0. The molecule has 1 atom stereocenters. The number of benzene rings is 1. The summed E-state index contributed by atoms with van der Waals surface area (Å²) in [7, 11) is 0. The van der Waals surface area contributed by atoms with E-state index >= 15 is 0 Å². The minimum atomic E-state index is -0.00818. The minimum absolute atomic E-state index is 0.00818. The first-order chi connectivity index (χ1) is 9.99. The molecule has 1 aromatic heterocycles. The third kappa shape index (κ3) is 2.45. The second-order valence-electron chi connectivity index (χ2n) is 5.35. The molecule has 5 heteroatoms. The fraction of sp³-hybridized carbons (Fsp3) is 0.312. The maximum atomic E-state index is 12.7. The Morgan fingerprint density at radius 2 is 1.90 bits per heavy atom. The van der Waals surface area contributed by atoms with Gasteiger partial charge in [-0.25, -0.2) is 0 Å². The van der Waals surface area contributed by atoms with E-state index in [0.29, 0.717) is 22.2 Å². The maximum absolute atomic E-state index is 12.7. The van der Waals surface area contributed by atoms with Gasteiger partial charge in [-0.05, 0) is 44.2 Å². The van der Waals surface area contributed by atoms with E-state index in [1.165, 1.54) is 11.4 Å². The van der Waals surface area contributed by atoms with Gasteiger partial charge in [0.25, 0.3) is 5.91 Å². The third-order valence-electron chi connectivity index (χ3n) is 4.12. The molecule has 21 heavy (non-hydrogen) atoms. The highest BCUT2D eigenvalue weighted by atomic mass is 35.5. The van der Waals surface area contributed by atoms with Gasteiger partial charge in [-0.1, -0.05) is 23.2 Å². The van der Waals surface area contributed by atoms with E-state index in [1.807, 2.05) is 4.90 Å². The largest absolute Gasteiger partial charge is 0.345 e. The Bertz CT molecular complexity index is 708. The minimum Gasteiger partial charge on any atom is -0.345 e. The number of rotatable bonds is 1. The Balaban J connectivity index is 1.91. The quantitative estimate of drug-likeness (QED) is 0.767. The van der Waals surface area contributed by atoms with Crippen molar-refractivity contribution in [2.75, 3.05) is 6.54 Å². The van der Waals surface area contributed by atoms with Gasteiger partial charge in [0.1, 0.15) is 0 Å². The van der Waals surface area contributed by atoms with Gasteiger partial charge in [-0.2, -0.15) is 0 Å². The van der Waals surface area contributed by atoms with Crippen molar-refractivity contribution in [3.63, 3.8) is 0 Å². The first kappa shape index (κ1) is 14.5. The predicted octanol–water partition coefficient (Wildman–Crippen LogP) is 4.32. The monoisotopic (exact) mass is 322 g/mol. The summed E-state index contributed by atoms with van der Waals surface area (Å²) in [5.74, 6) is -0.00818. The van der Waals surface area contributed by atoms with Gasteiger partial charge in [0.15, 0.2) is 0 Å². The fourth-order valence-electron chi connectivity index (χ4n) is 2.89. The summed E-state index contributed by atoms with van der Waals surface area (Å²) < 4.78 is 2.27. The van der Waals surface area contributed by atoms with Crippen LogP contribution in [-0.2, 0) is 6.54 Å². The van der Waals surface area contributed by atoms with Gasteiger partial charge in [0.05, 0.1) is 16.1 Å². The standard InChI is InChI=1S/C16H16Cl2N2O/c1-10-3-6-15-11(2)20(8-7-19(10)15)16(21)12-4-5-13(17)14(18)9-12/h3-6,9,11H,7-8H2,1-2H3/t11-/m1/s1. The molecule has 0 unspecified atom stereocenters. The number of halogens is 2. The average molecular weight is 323 g/mol. The highest BCUT2D eigenvalue weighted by Gasteiger charge is 2.29. The molecule has 0 bridgehead atoms. The van der Waals surface area contributed by atoms with Crippen LogP contribution in [0.3, 0.4) is 0 Å². The van der Waals surface area contributed by atoms with E-state index in [0.717, 1.165) is 6.54 Å². The van der Waals surface area contributed by atoms with Crippen LogP contribution in [0.1, 0.15) is 34.7 Å². The summed E-state index contributed by atoms with van der Waals surface area (Å²) in [6, 6.07) is 9.26. The molecule has 0 spiro atoms. The maximum Gasteiger partial charge on any atom is 0.254 e. The topological polar surface area (TPSA) is 25.2 Å². The van der Waals surface area contributed by atoms with Gasteiger partial charge < -0.3 is 9.47 Å². The number of hydrogen-bond donors (Lipinski definition) is 0. The Kier molecular flexibility index (Phi) is 3.72. The van der Waals surface area contributed by atoms with Crippen LogP contribution >= 0.6 is 23.2 Å². The first-order valence-electron chi connectivity index (χ1n) is 6.91. The molecule has 0 radical (unpaired) electrons. The number of amides is 1. The lowest BCUT2D eigenvalue weighted by molar-refractivity contribution is 0.0643. The molecule has 0 fully saturated rings. The number of fused-ring (bicyclic) bond motifs is 1. The van der Waals surface area contributed by atoms with E-state index in [2.05, 4.69) is 30.5 Å². The zero-order valence-corrected chi connectivity index (χ0v) is 13.4. The molecule has 110 valence electrons. The smallest absolute Gasteiger partial charge is 0.254 e. The molecule has 3 nitrogen and oxygen atoms in total. The van der Waals surface area contributed by atoms with Gasteiger partial charge in [0, 0.05) is 30.0 Å². The van der Waals surface area contributed by atoms with Crippen molar-refractivity contribution >= 4 is 29.1 Å². The summed E-state index contributed by atoms with van der Waals surface area (Å²) in [4.78, 5) is 14.6. The van der Waals surface area contributed by atoms with Crippen molar-refractivity contribution in [2.45, 2.75) is 26.4 Å². The average Bonchev–Trinajstić information content (AvgIpc) is 2.84. The molecule has 1 aliphatic rings. The molecule has 0 aliphatic carbocycles. The van der Waals surface area contributed by atoms with Crippen LogP contribution in [0, 0.1) is 6.92 Å². The number of carbonyl (C=O) groups is 1. The van der Waals surface area contributed by atoms with Crippen molar-refractivity contribution in [2.24, 2.45) is 0 Å². The van der Waals surface area contributed by atoms with Crippen molar-refractivity contribution in [3.8, 4) is 0 Å². The second-order valence-corrected chi connectivity index (χ2v) is 6.17. The fourth-order valence-corrected chi connectivity index (χ4v) is 3.19. The van der Waals surface area contributed by atoms with Crippen LogP contribution in [0.5, 0.6) is 0 Å². The molecule has 1 aliphatic heterocycles. The summed E-state index contributed by atoms with van der Waals surface area (Å²) in [5.41, 5.74) is 2.98. The van der Waals surface area contributed by atoms with E-state index in [-0.39, 0.29) is 11.9 Å². The van der Waals surface area contributed by atoms with Crippen molar-refractivity contribution < 1.29 is 4.79 Å². The van der Waals surface area contributed by atoms with Crippen LogP contribution in [0.25, 0.3) is 0 Å². The number of hydrogen-bond acceptors (Lipinski definition) is 1. The number of nitrogens with zero attached hydrogens (tertiary/aromatic N) is 2. The third-order valence-corrected chi connectivity index (χ3v) is 4.86. The van der Waals surface area contributed by atoms with Crippen LogP contribution in [0.4, 0.5) is 0 Å². The molecule has 2 aromatic rings. The van der Waals surface area contributed by atoms with Crippen LogP contribution in [0.2, 0.25) is 10.0 Å². The Labute approximate surface area is 134 Å². The van der Waals surface area contributed by atoms with E-state index in [4.69, 9.17) is 23.2 Å². The van der Waals surface area contributed by atoms with Crippen molar-refractivity contribution in [1.29, 1.82) is 0 Å². The lowest BCUT2D eigenvalue weighted by atomic mass is 10.1. The normalized spacial score (nSPS) is 17.7. The van der Waals surface area contributed by atoms with Gasteiger partial charge in [0.2, 0.25) is 0 Å². The molecular formula is C16H16Cl2N2O. The van der Waals surface area contributed by atoms with E-state index in [9.17, 15) is 4.79 Å². The van der Waals surface area contributed by atoms with Crippen LogP contribution < -0.4 is 0 Å². The van der Waals surface area contributed by atoms with Crippen molar-refractivity contribution in [1.82, 2.24) is 9.47 Å². The number of carbonyl (C=O) groups excluding carboxylic acids is 1. The molecule has 1 amide bonds. The first-order valence-corrected chi connectivity index (χ1v) is 7.66. The molecule has 0 saturated heterocycles. The molecule has 2 heterocycles. The molecule has 0 N–H and O–H groups in total. The lowest BCUT2D eigenvalue weighted by Crippen LogP contribution is -2.41. The van der Waals surface area contributed by atoms with Gasteiger partial charge in [-0.3, -0.25) is 4.79 Å². The highest BCUT2D eigenvalue weighted by molar-refractivity contribution is 6.42. The molecule has 1 aromatic carbocycles. The SMILES string of the molecule is Cc1ccc2n1CCN(C(=O)c1ccc(Cl)c(Cl)c1)[C@@H]2C.